The first-order chi connectivity index (χ1) is 6.68. The number of rotatable bonds is 1. The van der Waals surface area contributed by atoms with Crippen LogP contribution in [0.5, 0.6) is 0 Å². The molecule has 0 aromatic carbocycles. The van der Waals surface area contributed by atoms with E-state index in [2.05, 4.69) is 10.2 Å². The number of hydrogen-bond acceptors (Lipinski definition) is 3. The molecule has 0 amide bonds. The molecule has 2 rings (SSSR count). The molecule has 0 saturated heterocycles. The molecule has 0 bridgehead atoms. The van der Waals surface area contributed by atoms with Gasteiger partial charge in [0.1, 0.15) is 0 Å². The summed E-state index contributed by atoms with van der Waals surface area (Å²) < 4.78 is 5.44. The van der Waals surface area contributed by atoms with Gasteiger partial charge in [-0.2, -0.15) is 5.10 Å². The Hall–Kier alpha value is -1.36. The SMILES string of the molecule is CC1Cc2[nH]nc(C(=O)O)c2CCO1. The second kappa shape index (κ2) is 3.42. The van der Waals surface area contributed by atoms with Crippen molar-refractivity contribution >= 4 is 5.97 Å². The van der Waals surface area contributed by atoms with E-state index in [0.29, 0.717) is 19.4 Å². The topological polar surface area (TPSA) is 75.2 Å². The average molecular weight is 196 g/mol. The van der Waals surface area contributed by atoms with Gasteiger partial charge in [0.15, 0.2) is 5.69 Å². The molecule has 0 saturated carbocycles. The monoisotopic (exact) mass is 196 g/mol. The number of nitrogens with one attached hydrogen (secondary N) is 1. The maximum atomic E-state index is 10.8. The lowest BCUT2D eigenvalue weighted by Gasteiger charge is -2.06. The molecule has 76 valence electrons. The van der Waals surface area contributed by atoms with Crippen LogP contribution in [0.2, 0.25) is 0 Å². The Kier molecular flexibility index (Phi) is 2.25. The van der Waals surface area contributed by atoms with E-state index in [1.165, 1.54) is 0 Å². The van der Waals surface area contributed by atoms with Crippen LogP contribution in [0.3, 0.4) is 0 Å². The number of nitrogens with zero attached hydrogens (tertiary/aromatic N) is 1. The maximum absolute atomic E-state index is 10.8. The number of aromatic amines is 1. The number of aromatic carboxylic acids is 1. The fourth-order valence-corrected chi connectivity index (χ4v) is 1.72. The lowest BCUT2D eigenvalue weighted by Crippen LogP contribution is -2.10. The molecule has 14 heavy (non-hydrogen) atoms. The molecule has 1 atom stereocenters. The molecule has 2 heterocycles. The Labute approximate surface area is 81.1 Å². The molecule has 1 unspecified atom stereocenters. The minimum absolute atomic E-state index is 0.123. The molecule has 0 spiro atoms. The molecular weight excluding hydrogens is 184 g/mol. The largest absolute Gasteiger partial charge is 0.476 e. The molecule has 0 radical (unpaired) electrons. The highest BCUT2D eigenvalue weighted by atomic mass is 16.5. The predicted molar refractivity (Wildman–Crippen MR) is 48.4 cm³/mol. The average Bonchev–Trinajstić information content (AvgIpc) is 2.41. The summed E-state index contributed by atoms with van der Waals surface area (Å²) in [6, 6.07) is 0. The van der Waals surface area contributed by atoms with Crippen molar-refractivity contribution in [3.8, 4) is 0 Å². The summed E-state index contributed by atoms with van der Waals surface area (Å²) in [6.07, 6.45) is 1.45. The van der Waals surface area contributed by atoms with E-state index >= 15 is 0 Å². The molecule has 5 nitrogen and oxygen atoms in total. The van der Waals surface area contributed by atoms with E-state index in [1.807, 2.05) is 6.92 Å². The zero-order chi connectivity index (χ0) is 10.1. The fourth-order valence-electron chi connectivity index (χ4n) is 1.72. The van der Waals surface area contributed by atoms with Gasteiger partial charge >= 0.3 is 5.97 Å². The van der Waals surface area contributed by atoms with Crippen molar-refractivity contribution in [2.24, 2.45) is 0 Å². The Bertz CT molecular complexity index is 359. The molecule has 1 aliphatic rings. The van der Waals surface area contributed by atoms with Crippen LogP contribution in [-0.2, 0) is 17.6 Å². The summed E-state index contributed by atoms with van der Waals surface area (Å²) in [6.45, 7) is 2.53. The van der Waals surface area contributed by atoms with Gasteiger partial charge in [-0.25, -0.2) is 4.79 Å². The number of aromatic nitrogens is 2. The number of H-pyrrole nitrogens is 1. The van der Waals surface area contributed by atoms with Crippen LogP contribution in [0, 0.1) is 0 Å². The summed E-state index contributed by atoms with van der Waals surface area (Å²) in [7, 11) is 0. The van der Waals surface area contributed by atoms with Crippen LogP contribution in [0.4, 0.5) is 0 Å². The van der Waals surface area contributed by atoms with Crippen molar-refractivity contribution in [1.29, 1.82) is 0 Å². The van der Waals surface area contributed by atoms with Crippen molar-refractivity contribution < 1.29 is 14.6 Å². The van der Waals surface area contributed by atoms with Gasteiger partial charge < -0.3 is 9.84 Å². The normalized spacial score (nSPS) is 21.4. The third-order valence-electron chi connectivity index (χ3n) is 2.40. The number of fused-ring (bicyclic) bond motifs is 1. The van der Waals surface area contributed by atoms with Crippen LogP contribution in [-0.4, -0.2) is 34.0 Å². The second-order valence-electron chi connectivity index (χ2n) is 3.47. The van der Waals surface area contributed by atoms with Crippen molar-refractivity contribution in [2.45, 2.75) is 25.9 Å². The highest BCUT2D eigenvalue weighted by molar-refractivity contribution is 5.87. The van der Waals surface area contributed by atoms with Gasteiger partial charge in [-0.15, -0.1) is 0 Å². The summed E-state index contributed by atoms with van der Waals surface area (Å²) in [5.74, 6) is -0.975. The van der Waals surface area contributed by atoms with Gasteiger partial charge in [-0.3, -0.25) is 5.10 Å². The molecule has 1 aliphatic heterocycles. The molecule has 5 heteroatoms. The van der Waals surface area contributed by atoms with Gasteiger partial charge in [0.2, 0.25) is 0 Å². The number of ether oxygens (including phenoxy) is 1. The number of carboxylic acids is 1. The number of carboxylic acid groups (broad SMARTS) is 1. The van der Waals surface area contributed by atoms with E-state index in [9.17, 15) is 4.79 Å². The Morgan fingerprint density at radius 3 is 3.21 bits per heavy atom. The first-order valence-corrected chi connectivity index (χ1v) is 4.59. The molecule has 0 aliphatic carbocycles. The van der Waals surface area contributed by atoms with Crippen LogP contribution < -0.4 is 0 Å². The number of carbonyl (C=O) groups is 1. The first kappa shape index (κ1) is 9.21. The van der Waals surface area contributed by atoms with Crippen molar-refractivity contribution in [1.82, 2.24) is 10.2 Å². The van der Waals surface area contributed by atoms with Gasteiger partial charge in [-0.05, 0) is 6.92 Å². The summed E-state index contributed by atoms with van der Waals surface area (Å²) in [5, 5.41) is 15.4. The van der Waals surface area contributed by atoms with Crippen molar-refractivity contribution in [2.75, 3.05) is 6.61 Å². The molecular formula is C9H12N2O3. The minimum atomic E-state index is -0.975. The number of hydrogen-bond donors (Lipinski definition) is 2. The highest BCUT2D eigenvalue weighted by Gasteiger charge is 2.22. The van der Waals surface area contributed by atoms with Crippen LogP contribution >= 0.6 is 0 Å². The van der Waals surface area contributed by atoms with E-state index in [4.69, 9.17) is 9.84 Å². The van der Waals surface area contributed by atoms with E-state index in [0.717, 1.165) is 11.3 Å². The first-order valence-electron chi connectivity index (χ1n) is 4.59. The quantitative estimate of drug-likeness (QED) is 0.690. The fraction of sp³-hybridized carbons (Fsp3) is 0.556. The van der Waals surface area contributed by atoms with Crippen LogP contribution in [0.15, 0.2) is 0 Å². The van der Waals surface area contributed by atoms with Crippen LogP contribution in [0.1, 0.15) is 28.7 Å². The smallest absolute Gasteiger partial charge is 0.356 e. The van der Waals surface area contributed by atoms with E-state index < -0.39 is 5.97 Å². The standard InChI is InChI=1S/C9H12N2O3/c1-5-4-7-6(2-3-14-5)8(9(12)13)11-10-7/h5H,2-4H2,1H3,(H,10,11)(H,12,13). The van der Waals surface area contributed by atoms with E-state index in [1.54, 1.807) is 0 Å². The Morgan fingerprint density at radius 2 is 2.50 bits per heavy atom. The van der Waals surface area contributed by atoms with Gasteiger partial charge in [-0.1, -0.05) is 0 Å². The zero-order valence-electron chi connectivity index (χ0n) is 7.91. The summed E-state index contributed by atoms with van der Waals surface area (Å²) in [5.41, 5.74) is 1.83. The molecule has 1 aromatic rings. The molecule has 0 fully saturated rings. The zero-order valence-corrected chi connectivity index (χ0v) is 7.91. The summed E-state index contributed by atoms with van der Waals surface area (Å²) in [4.78, 5) is 10.8. The third kappa shape index (κ3) is 1.50. The molecule has 1 aromatic heterocycles. The molecule has 2 N–H and O–H groups in total. The minimum Gasteiger partial charge on any atom is -0.476 e. The third-order valence-corrected chi connectivity index (χ3v) is 2.40. The lowest BCUT2D eigenvalue weighted by atomic mass is 10.1. The van der Waals surface area contributed by atoms with Crippen LogP contribution in [0.25, 0.3) is 0 Å². The highest BCUT2D eigenvalue weighted by Crippen LogP contribution is 2.18. The van der Waals surface area contributed by atoms with Crippen molar-refractivity contribution in [3.05, 3.63) is 17.0 Å². The van der Waals surface area contributed by atoms with Crippen molar-refractivity contribution in [3.63, 3.8) is 0 Å². The second-order valence-corrected chi connectivity index (χ2v) is 3.47. The Balaban J connectivity index is 2.37. The van der Waals surface area contributed by atoms with Gasteiger partial charge in [0.05, 0.1) is 12.7 Å². The maximum Gasteiger partial charge on any atom is 0.356 e. The summed E-state index contributed by atoms with van der Waals surface area (Å²) >= 11 is 0. The van der Waals surface area contributed by atoms with Gasteiger partial charge in [0.25, 0.3) is 0 Å². The van der Waals surface area contributed by atoms with E-state index in [-0.39, 0.29) is 11.8 Å². The Morgan fingerprint density at radius 1 is 1.71 bits per heavy atom. The lowest BCUT2D eigenvalue weighted by molar-refractivity contribution is 0.0682. The predicted octanol–water partition coefficient (Wildman–Crippen LogP) is 0.612. The van der Waals surface area contributed by atoms with Gasteiger partial charge in [0, 0.05) is 24.1 Å².